The van der Waals surface area contributed by atoms with Crippen molar-refractivity contribution in [2.24, 2.45) is 0 Å². The number of anilines is 1. The van der Waals surface area contributed by atoms with Gasteiger partial charge < -0.3 is 14.4 Å². The molecule has 1 saturated heterocycles. The molecule has 0 amide bonds. The maximum absolute atomic E-state index is 13.1. The minimum absolute atomic E-state index is 0.0970. The normalized spacial score (nSPS) is 20.8. The van der Waals surface area contributed by atoms with Crippen LogP contribution in [-0.4, -0.2) is 41.1 Å². The van der Waals surface area contributed by atoms with E-state index in [0.29, 0.717) is 24.8 Å². The summed E-state index contributed by atoms with van der Waals surface area (Å²) in [5, 5.41) is 9.75. The predicted octanol–water partition coefficient (Wildman–Crippen LogP) is 2.18. The highest BCUT2D eigenvalue weighted by molar-refractivity contribution is 5.54. The minimum atomic E-state index is -0.658. The predicted molar refractivity (Wildman–Crippen MR) is 109 cm³/mol. The number of nitrogens with zero attached hydrogens (tertiary/aromatic N) is 4. The van der Waals surface area contributed by atoms with Gasteiger partial charge in [-0.2, -0.15) is 5.26 Å². The van der Waals surface area contributed by atoms with Crippen molar-refractivity contribution in [3.8, 4) is 6.07 Å². The average Bonchev–Trinajstić information content (AvgIpc) is 2.90. The Labute approximate surface area is 170 Å². The second kappa shape index (κ2) is 7.62. The number of rotatable bonds is 3. The van der Waals surface area contributed by atoms with E-state index in [0.717, 1.165) is 25.9 Å². The Balaban J connectivity index is 1.62. The van der Waals surface area contributed by atoms with Crippen LogP contribution in [0.5, 0.6) is 0 Å². The standard InChI is InChI=1S/C22H26N4O3/c1-15-24-20(25-10-8-16-6-4-5-7-17(16)9-11-25)19(12-23)21(27)26(15)13-18-14-28-22(2,3)29-18/h4-7,18H,8-11,13-14H2,1-3H3/t18-/m0/s1. The highest BCUT2D eigenvalue weighted by Gasteiger charge is 2.33. The molecule has 0 spiro atoms. The molecular weight excluding hydrogens is 368 g/mol. The Morgan fingerprint density at radius 3 is 2.45 bits per heavy atom. The van der Waals surface area contributed by atoms with Crippen LogP contribution in [0.15, 0.2) is 29.1 Å². The molecule has 29 heavy (non-hydrogen) atoms. The van der Waals surface area contributed by atoms with Crippen LogP contribution in [0.25, 0.3) is 0 Å². The summed E-state index contributed by atoms with van der Waals surface area (Å²) in [5.74, 6) is 0.413. The van der Waals surface area contributed by atoms with E-state index in [9.17, 15) is 10.1 Å². The summed E-state index contributed by atoms with van der Waals surface area (Å²) >= 11 is 0. The zero-order valence-electron chi connectivity index (χ0n) is 17.1. The first-order valence-corrected chi connectivity index (χ1v) is 10.0. The Hall–Kier alpha value is -2.69. The van der Waals surface area contributed by atoms with E-state index in [4.69, 9.17) is 9.47 Å². The maximum atomic E-state index is 13.1. The Morgan fingerprint density at radius 2 is 1.90 bits per heavy atom. The molecule has 2 aromatic rings. The van der Waals surface area contributed by atoms with Crippen LogP contribution < -0.4 is 10.5 Å². The average molecular weight is 394 g/mol. The van der Waals surface area contributed by atoms with Gasteiger partial charge in [0.2, 0.25) is 0 Å². The van der Waals surface area contributed by atoms with Gasteiger partial charge in [-0.15, -0.1) is 0 Å². The van der Waals surface area contributed by atoms with Gasteiger partial charge in [-0.05, 0) is 44.7 Å². The molecule has 1 aromatic carbocycles. The molecule has 152 valence electrons. The molecule has 7 heteroatoms. The Bertz CT molecular complexity index is 995. The van der Waals surface area contributed by atoms with E-state index in [1.54, 1.807) is 6.92 Å². The highest BCUT2D eigenvalue weighted by Crippen LogP contribution is 2.24. The van der Waals surface area contributed by atoms with Gasteiger partial charge in [0.25, 0.3) is 5.56 Å². The number of aryl methyl sites for hydroxylation is 1. The van der Waals surface area contributed by atoms with Crippen LogP contribution in [0.3, 0.4) is 0 Å². The van der Waals surface area contributed by atoms with Crippen molar-refractivity contribution in [3.63, 3.8) is 0 Å². The molecule has 0 saturated carbocycles. The molecule has 1 aromatic heterocycles. The molecule has 0 radical (unpaired) electrons. The number of fused-ring (bicyclic) bond motifs is 1. The summed E-state index contributed by atoms with van der Waals surface area (Å²) in [6.07, 6.45) is 1.49. The molecule has 4 rings (SSSR count). The summed E-state index contributed by atoms with van der Waals surface area (Å²) in [6.45, 7) is 7.70. The summed E-state index contributed by atoms with van der Waals surface area (Å²) in [4.78, 5) is 19.9. The van der Waals surface area contributed by atoms with Crippen molar-refractivity contribution >= 4 is 5.82 Å². The van der Waals surface area contributed by atoms with Crippen LogP contribution in [-0.2, 0) is 28.9 Å². The van der Waals surface area contributed by atoms with Crippen molar-refractivity contribution in [2.45, 2.75) is 52.0 Å². The van der Waals surface area contributed by atoms with Gasteiger partial charge in [0.1, 0.15) is 18.0 Å². The number of aromatic nitrogens is 2. The van der Waals surface area contributed by atoms with E-state index in [1.165, 1.54) is 15.7 Å². The maximum Gasteiger partial charge on any atom is 0.273 e. The lowest BCUT2D eigenvalue weighted by Crippen LogP contribution is -2.36. The summed E-state index contributed by atoms with van der Waals surface area (Å²) in [7, 11) is 0. The van der Waals surface area contributed by atoms with Crippen LogP contribution in [0.4, 0.5) is 5.82 Å². The van der Waals surface area contributed by atoms with E-state index >= 15 is 0 Å². The van der Waals surface area contributed by atoms with Gasteiger partial charge in [-0.3, -0.25) is 9.36 Å². The number of benzene rings is 1. The number of hydrogen-bond acceptors (Lipinski definition) is 6. The number of ether oxygens (including phenoxy) is 2. The van der Waals surface area contributed by atoms with Gasteiger partial charge in [0, 0.05) is 13.1 Å². The second-order valence-electron chi connectivity index (χ2n) is 8.09. The molecular formula is C22H26N4O3. The molecule has 1 fully saturated rings. The SMILES string of the molecule is Cc1nc(N2CCc3ccccc3CC2)c(C#N)c(=O)n1C[C@H]1COC(C)(C)O1. The first-order chi connectivity index (χ1) is 13.9. The Kier molecular flexibility index (Phi) is 5.15. The molecule has 0 bridgehead atoms. The fourth-order valence-electron chi connectivity index (χ4n) is 4.13. The van der Waals surface area contributed by atoms with Crippen molar-refractivity contribution in [1.82, 2.24) is 9.55 Å². The van der Waals surface area contributed by atoms with E-state index in [1.807, 2.05) is 13.8 Å². The van der Waals surface area contributed by atoms with Crippen molar-refractivity contribution in [2.75, 3.05) is 24.6 Å². The van der Waals surface area contributed by atoms with Gasteiger partial charge in [0.05, 0.1) is 13.2 Å². The molecule has 0 aliphatic carbocycles. The fourth-order valence-corrected chi connectivity index (χ4v) is 4.13. The number of nitriles is 1. The molecule has 0 unspecified atom stereocenters. The summed E-state index contributed by atoms with van der Waals surface area (Å²) < 4.78 is 13.0. The first-order valence-electron chi connectivity index (χ1n) is 10.0. The van der Waals surface area contributed by atoms with Gasteiger partial charge in [-0.25, -0.2) is 4.98 Å². The number of hydrogen-bond donors (Lipinski definition) is 0. The van der Waals surface area contributed by atoms with Crippen molar-refractivity contribution in [3.05, 3.63) is 57.1 Å². The van der Waals surface area contributed by atoms with E-state index < -0.39 is 5.79 Å². The highest BCUT2D eigenvalue weighted by atomic mass is 16.7. The summed E-state index contributed by atoms with van der Waals surface area (Å²) in [6, 6.07) is 10.5. The zero-order chi connectivity index (χ0) is 20.6. The Morgan fingerprint density at radius 1 is 1.24 bits per heavy atom. The lowest BCUT2D eigenvalue weighted by molar-refractivity contribution is -0.139. The van der Waals surface area contributed by atoms with Crippen LogP contribution in [0.2, 0.25) is 0 Å². The monoisotopic (exact) mass is 394 g/mol. The molecule has 2 aliphatic heterocycles. The minimum Gasteiger partial charge on any atom is -0.355 e. The smallest absolute Gasteiger partial charge is 0.273 e. The van der Waals surface area contributed by atoms with Gasteiger partial charge in [0.15, 0.2) is 17.2 Å². The summed E-state index contributed by atoms with van der Waals surface area (Å²) in [5.41, 5.74) is 2.42. The fraction of sp³-hybridized carbons (Fsp3) is 0.500. The van der Waals surface area contributed by atoms with Crippen molar-refractivity contribution in [1.29, 1.82) is 5.26 Å². The largest absolute Gasteiger partial charge is 0.355 e. The van der Waals surface area contributed by atoms with Crippen LogP contribution in [0, 0.1) is 18.3 Å². The quantitative estimate of drug-likeness (QED) is 0.794. The lowest BCUT2D eigenvalue weighted by atomic mass is 10.0. The first kappa shape index (κ1) is 19.6. The molecule has 3 heterocycles. The zero-order valence-corrected chi connectivity index (χ0v) is 17.1. The lowest BCUT2D eigenvalue weighted by Gasteiger charge is -2.24. The molecule has 7 nitrogen and oxygen atoms in total. The van der Waals surface area contributed by atoms with Crippen LogP contribution >= 0.6 is 0 Å². The van der Waals surface area contributed by atoms with E-state index in [-0.39, 0.29) is 17.2 Å². The van der Waals surface area contributed by atoms with Crippen LogP contribution in [0.1, 0.15) is 36.4 Å². The topological polar surface area (TPSA) is 80.4 Å². The second-order valence-corrected chi connectivity index (χ2v) is 8.09. The molecule has 0 N–H and O–H groups in total. The third kappa shape index (κ3) is 3.91. The van der Waals surface area contributed by atoms with Gasteiger partial charge in [-0.1, -0.05) is 24.3 Å². The third-order valence-electron chi connectivity index (χ3n) is 5.63. The van der Waals surface area contributed by atoms with E-state index in [2.05, 4.69) is 40.2 Å². The van der Waals surface area contributed by atoms with Crippen molar-refractivity contribution < 1.29 is 9.47 Å². The molecule has 1 atom stereocenters. The molecule has 2 aliphatic rings. The van der Waals surface area contributed by atoms with Gasteiger partial charge >= 0.3 is 0 Å². The third-order valence-corrected chi connectivity index (χ3v) is 5.63.